The number of rotatable bonds is 8. The molecule has 1 atom stereocenters. The first-order valence-electron chi connectivity index (χ1n) is 8.02. The number of hydrogen-bond donors (Lipinski definition) is 2. The Balaban J connectivity index is 1.75. The molecule has 1 aromatic carbocycles. The van der Waals surface area contributed by atoms with E-state index in [1.165, 1.54) is 14.2 Å². The Morgan fingerprint density at radius 1 is 1.17 bits per heavy atom. The molecule has 7 heteroatoms. The molecule has 0 aliphatic carbocycles. The Hall–Kier alpha value is -2.28. The summed E-state index contributed by atoms with van der Waals surface area (Å²) in [4.78, 5) is 23.9. The SMILES string of the molecule is COc1cc(OC)cc(C(=O)NCCC(=O)NCC2CCCO2)c1. The molecule has 1 unspecified atom stereocenters. The van der Waals surface area contributed by atoms with E-state index in [2.05, 4.69) is 10.6 Å². The van der Waals surface area contributed by atoms with Crippen LogP contribution in [-0.2, 0) is 9.53 Å². The fraction of sp³-hybridized carbons (Fsp3) is 0.529. The molecule has 0 spiro atoms. The molecule has 0 saturated carbocycles. The van der Waals surface area contributed by atoms with E-state index in [1.54, 1.807) is 18.2 Å². The summed E-state index contributed by atoms with van der Waals surface area (Å²) in [5, 5.41) is 5.54. The number of methoxy groups -OCH3 is 2. The number of hydrogen-bond acceptors (Lipinski definition) is 5. The number of ether oxygens (including phenoxy) is 3. The van der Waals surface area contributed by atoms with Crippen LogP contribution in [0.5, 0.6) is 11.5 Å². The molecular formula is C17H24N2O5. The average molecular weight is 336 g/mol. The van der Waals surface area contributed by atoms with E-state index in [0.717, 1.165) is 19.4 Å². The van der Waals surface area contributed by atoms with Gasteiger partial charge in [0.25, 0.3) is 5.91 Å². The van der Waals surface area contributed by atoms with Crippen LogP contribution in [0.2, 0.25) is 0 Å². The zero-order chi connectivity index (χ0) is 17.4. The average Bonchev–Trinajstić information content (AvgIpc) is 3.12. The molecule has 0 radical (unpaired) electrons. The lowest BCUT2D eigenvalue weighted by Gasteiger charge is -2.11. The third kappa shape index (κ3) is 5.42. The van der Waals surface area contributed by atoms with Crippen LogP contribution < -0.4 is 20.1 Å². The minimum Gasteiger partial charge on any atom is -0.497 e. The van der Waals surface area contributed by atoms with Gasteiger partial charge >= 0.3 is 0 Å². The predicted octanol–water partition coefficient (Wildman–Crippen LogP) is 1.12. The number of carbonyl (C=O) groups is 2. The van der Waals surface area contributed by atoms with E-state index in [1.807, 2.05) is 0 Å². The summed E-state index contributed by atoms with van der Waals surface area (Å²) in [6, 6.07) is 4.93. The lowest BCUT2D eigenvalue weighted by Crippen LogP contribution is -2.34. The van der Waals surface area contributed by atoms with Crippen LogP contribution >= 0.6 is 0 Å². The largest absolute Gasteiger partial charge is 0.497 e. The third-order valence-corrected chi connectivity index (χ3v) is 3.80. The van der Waals surface area contributed by atoms with E-state index in [4.69, 9.17) is 14.2 Å². The Morgan fingerprint density at radius 2 is 1.88 bits per heavy atom. The van der Waals surface area contributed by atoms with Gasteiger partial charge in [0, 0.05) is 37.7 Å². The minimum absolute atomic E-state index is 0.103. The van der Waals surface area contributed by atoms with Crippen molar-refractivity contribution >= 4 is 11.8 Å². The fourth-order valence-corrected chi connectivity index (χ4v) is 2.45. The van der Waals surface area contributed by atoms with Gasteiger partial charge in [-0.05, 0) is 25.0 Å². The van der Waals surface area contributed by atoms with Crippen molar-refractivity contribution in [1.29, 1.82) is 0 Å². The molecule has 1 saturated heterocycles. The molecule has 24 heavy (non-hydrogen) atoms. The number of nitrogens with one attached hydrogen (secondary N) is 2. The Labute approximate surface area is 141 Å². The molecule has 7 nitrogen and oxygen atoms in total. The normalized spacial score (nSPS) is 16.5. The number of benzene rings is 1. The first-order valence-corrected chi connectivity index (χ1v) is 8.02. The second kappa shape index (κ2) is 9.12. The van der Waals surface area contributed by atoms with E-state index < -0.39 is 0 Å². The van der Waals surface area contributed by atoms with Gasteiger partial charge in [0.05, 0.1) is 20.3 Å². The second-order valence-corrected chi connectivity index (χ2v) is 5.55. The van der Waals surface area contributed by atoms with E-state index >= 15 is 0 Å². The third-order valence-electron chi connectivity index (χ3n) is 3.80. The van der Waals surface area contributed by atoms with Crippen LogP contribution in [0.3, 0.4) is 0 Å². The van der Waals surface area contributed by atoms with Crippen molar-refractivity contribution in [3.8, 4) is 11.5 Å². The lowest BCUT2D eigenvalue weighted by atomic mass is 10.2. The highest BCUT2D eigenvalue weighted by Gasteiger charge is 2.16. The van der Waals surface area contributed by atoms with Gasteiger partial charge in [-0.2, -0.15) is 0 Å². The van der Waals surface area contributed by atoms with Crippen molar-refractivity contribution < 1.29 is 23.8 Å². The van der Waals surface area contributed by atoms with Gasteiger partial charge in [0.15, 0.2) is 0 Å². The van der Waals surface area contributed by atoms with Gasteiger partial charge in [-0.3, -0.25) is 9.59 Å². The van der Waals surface area contributed by atoms with Crippen molar-refractivity contribution in [3.63, 3.8) is 0 Å². The van der Waals surface area contributed by atoms with Gasteiger partial charge < -0.3 is 24.8 Å². The van der Waals surface area contributed by atoms with Crippen LogP contribution in [0.1, 0.15) is 29.6 Å². The first kappa shape index (κ1) is 18.1. The molecule has 1 fully saturated rings. The first-order chi connectivity index (χ1) is 11.6. The van der Waals surface area contributed by atoms with Crippen LogP contribution in [-0.4, -0.2) is 51.8 Å². The maximum atomic E-state index is 12.2. The van der Waals surface area contributed by atoms with E-state index in [9.17, 15) is 9.59 Å². The summed E-state index contributed by atoms with van der Waals surface area (Å²) in [5.74, 6) is 0.691. The second-order valence-electron chi connectivity index (χ2n) is 5.55. The molecule has 2 amide bonds. The summed E-state index contributed by atoms with van der Waals surface area (Å²) in [6.07, 6.45) is 2.36. The fourth-order valence-electron chi connectivity index (χ4n) is 2.45. The van der Waals surface area contributed by atoms with Crippen LogP contribution in [0.25, 0.3) is 0 Å². The highest BCUT2D eigenvalue weighted by atomic mass is 16.5. The molecule has 0 bridgehead atoms. The van der Waals surface area contributed by atoms with Gasteiger partial charge in [0.2, 0.25) is 5.91 Å². The molecule has 2 rings (SSSR count). The van der Waals surface area contributed by atoms with E-state index in [-0.39, 0.29) is 30.9 Å². The lowest BCUT2D eigenvalue weighted by molar-refractivity contribution is -0.121. The highest BCUT2D eigenvalue weighted by molar-refractivity contribution is 5.95. The number of amides is 2. The smallest absolute Gasteiger partial charge is 0.251 e. The molecular weight excluding hydrogens is 312 g/mol. The maximum absolute atomic E-state index is 12.2. The Kier molecular flexibility index (Phi) is 6.87. The summed E-state index contributed by atoms with van der Waals surface area (Å²) in [7, 11) is 3.05. The van der Waals surface area contributed by atoms with Gasteiger partial charge in [-0.25, -0.2) is 0 Å². The van der Waals surface area contributed by atoms with Gasteiger partial charge in [0.1, 0.15) is 11.5 Å². The van der Waals surface area contributed by atoms with Gasteiger partial charge in [-0.15, -0.1) is 0 Å². The molecule has 1 aliphatic rings. The van der Waals surface area contributed by atoms with Crippen LogP contribution in [0, 0.1) is 0 Å². The summed E-state index contributed by atoms with van der Waals surface area (Å²) < 4.78 is 15.7. The van der Waals surface area contributed by atoms with Crippen LogP contribution in [0.15, 0.2) is 18.2 Å². The standard InChI is InChI=1S/C17H24N2O5/c1-22-14-8-12(9-15(10-14)23-2)17(21)18-6-5-16(20)19-11-13-4-3-7-24-13/h8-10,13H,3-7,11H2,1-2H3,(H,18,21)(H,19,20). The van der Waals surface area contributed by atoms with Crippen molar-refractivity contribution in [1.82, 2.24) is 10.6 Å². The molecule has 132 valence electrons. The topological polar surface area (TPSA) is 85.9 Å². The van der Waals surface area contributed by atoms with Crippen LogP contribution in [0.4, 0.5) is 0 Å². The molecule has 0 aromatic heterocycles. The predicted molar refractivity (Wildman–Crippen MR) is 88.5 cm³/mol. The zero-order valence-corrected chi connectivity index (χ0v) is 14.1. The van der Waals surface area contributed by atoms with Gasteiger partial charge in [-0.1, -0.05) is 0 Å². The van der Waals surface area contributed by atoms with Crippen molar-refractivity contribution in [3.05, 3.63) is 23.8 Å². The highest BCUT2D eigenvalue weighted by Crippen LogP contribution is 2.22. The monoisotopic (exact) mass is 336 g/mol. The zero-order valence-electron chi connectivity index (χ0n) is 14.1. The molecule has 1 heterocycles. The molecule has 1 aliphatic heterocycles. The quantitative estimate of drug-likeness (QED) is 0.743. The Morgan fingerprint density at radius 3 is 2.46 bits per heavy atom. The van der Waals surface area contributed by atoms with Crippen molar-refractivity contribution in [2.75, 3.05) is 33.9 Å². The van der Waals surface area contributed by atoms with Crippen molar-refractivity contribution in [2.24, 2.45) is 0 Å². The van der Waals surface area contributed by atoms with E-state index in [0.29, 0.717) is 23.6 Å². The molecule has 2 N–H and O–H groups in total. The maximum Gasteiger partial charge on any atom is 0.251 e. The summed E-state index contributed by atoms with van der Waals surface area (Å²) in [6.45, 7) is 1.55. The Bertz CT molecular complexity index is 548. The minimum atomic E-state index is -0.279. The molecule has 1 aromatic rings. The summed E-state index contributed by atoms with van der Waals surface area (Å²) >= 11 is 0. The number of carbonyl (C=O) groups excluding carboxylic acids is 2. The summed E-state index contributed by atoms with van der Waals surface area (Å²) in [5.41, 5.74) is 0.422. The van der Waals surface area contributed by atoms with Crippen molar-refractivity contribution in [2.45, 2.75) is 25.4 Å².